The number of esters is 1. The number of hydrogen-bond acceptors (Lipinski definition) is 7. The second-order valence-electron chi connectivity index (χ2n) is 7.62. The fraction of sp³-hybridized carbons (Fsp3) is 0.944. The summed E-state index contributed by atoms with van der Waals surface area (Å²) in [4.78, 5) is 17.5. The van der Waals surface area contributed by atoms with Gasteiger partial charge in [-0.2, -0.15) is 0 Å². The first kappa shape index (κ1) is 20.3. The molecular weight excluding hydrogens is 355 g/mol. The molecule has 3 fully saturated rings. The maximum Gasteiger partial charge on any atom is 0.345 e. The number of carbonyl (C=O) groups is 1. The highest BCUT2D eigenvalue weighted by molar-refractivity contribution is 7.55. The molecule has 0 amide bonds. The monoisotopic (exact) mass is 388 g/mol. The maximum atomic E-state index is 13.4. The number of nitrogens with zero attached hydrogens (tertiary/aromatic N) is 2. The van der Waals surface area contributed by atoms with Crippen LogP contribution < -0.4 is 0 Å². The van der Waals surface area contributed by atoms with Crippen molar-refractivity contribution in [1.29, 1.82) is 0 Å². The third-order valence-electron chi connectivity index (χ3n) is 5.98. The maximum absolute atomic E-state index is 13.4. The number of rotatable bonds is 6. The van der Waals surface area contributed by atoms with Crippen LogP contribution in [0, 0.1) is 5.92 Å². The molecule has 4 atom stereocenters. The van der Waals surface area contributed by atoms with Crippen molar-refractivity contribution >= 4 is 13.6 Å². The molecule has 0 N–H and O–H groups in total. The molecule has 3 rings (SSSR count). The zero-order valence-corrected chi connectivity index (χ0v) is 17.2. The van der Waals surface area contributed by atoms with Crippen LogP contribution in [0.25, 0.3) is 0 Å². The van der Waals surface area contributed by atoms with Gasteiger partial charge in [-0.3, -0.25) is 14.3 Å². The first-order chi connectivity index (χ1) is 12.5. The molecule has 1 aliphatic carbocycles. The molecule has 0 radical (unpaired) electrons. The second kappa shape index (κ2) is 8.70. The van der Waals surface area contributed by atoms with Crippen LogP contribution in [-0.2, 0) is 23.1 Å². The van der Waals surface area contributed by atoms with Crippen LogP contribution in [0.5, 0.6) is 0 Å². The van der Waals surface area contributed by atoms with Crippen LogP contribution in [0.15, 0.2) is 0 Å². The summed E-state index contributed by atoms with van der Waals surface area (Å²) in [5.74, 6) is -0.483. The van der Waals surface area contributed by atoms with Crippen LogP contribution >= 0.6 is 7.60 Å². The Morgan fingerprint density at radius 3 is 2.38 bits per heavy atom. The quantitative estimate of drug-likeness (QED) is 0.511. The van der Waals surface area contributed by atoms with Gasteiger partial charge in [-0.25, -0.2) is 0 Å². The lowest BCUT2D eigenvalue weighted by atomic mass is 9.93. The highest BCUT2D eigenvalue weighted by Crippen LogP contribution is 2.60. The Balaban J connectivity index is 1.79. The molecule has 0 spiro atoms. The van der Waals surface area contributed by atoms with Crippen molar-refractivity contribution in [1.82, 2.24) is 9.80 Å². The SMILES string of the molecule is CCOP(=O)(OCC)C1C(=O)OC2CCCC(N3CCN(C)CC3)CC21. The fourth-order valence-electron chi connectivity index (χ4n) is 4.66. The fourth-order valence-corrected chi connectivity index (χ4v) is 6.88. The predicted molar refractivity (Wildman–Crippen MR) is 99.3 cm³/mol. The molecular formula is C18H33N2O5P. The van der Waals surface area contributed by atoms with Crippen molar-refractivity contribution < 1.29 is 23.1 Å². The molecule has 4 unspecified atom stereocenters. The van der Waals surface area contributed by atoms with Crippen molar-refractivity contribution in [2.75, 3.05) is 46.4 Å². The number of piperazine rings is 1. The second-order valence-corrected chi connectivity index (χ2v) is 9.77. The Hall–Kier alpha value is -0.460. The summed E-state index contributed by atoms with van der Waals surface area (Å²) in [6, 6.07) is 0.410. The Labute approximate surface area is 156 Å². The van der Waals surface area contributed by atoms with Gasteiger partial charge in [-0.05, 0) is 46.6 Å². The summed E-state index contributed by atoms with van der Waals surface area (Å²) in [6.07, 6.45) is 3.66. The molecule has 2 aliphatic heterocycles. The minimum absolute atomic E-state index is 0.0846. The number of hydrogen-bond donors (Lipinski definition) is 0. The summed E-state index contributed by atoms with van der Waals surface area (Å²) >= 11 is 0. The molecule has 0 aromatic rings. The van der Waals surface area contributed by atoms with Gasteiger partial charge in [0.2, 0.25) is 0 Å². The first-order valence-electron chi connectivity index (χ1n) is 10.0. The number of fused-ring (bicyclic) bond motifs is 1. The van der Waals surface area contributed by atoms with E-state index in [4.69, 9.17) is 13.8 Å². The highest BCUT2D eigenvalue weighted by atomic mass is 31.2. The minimum atomic E-state index is -3.51. The largest absolute Gasteiger partial charge is 0.461 e. The van der Waals surface area contributed by atoms with E-state index in [0.717, 1.165) is 51.9 Å². The van der Waals surface area contributed by atoms with Gasteiger partial charge in [0.25, 0.3) is 0 Å². The van der Waals surface area contributed by atoms with E-state index in [1.165, 1.54) is 0 Å². The van der Waals surface area contributed by atoms with Gasteiger partial charge in [-0.1, -0.05) is 0 Å². The van der Waals surface area contributed by atoms with Crippen molar-refractivity contribution in [3.8, 4) is 0 Å². The number of likely N-dealkylation sites (N-methyl/N-ethyl adjacent to an activating group) is 1. The first-order valence-corrected chi connectivity index (χ1v) is 11.6. The molecule has 7 nitrogen and oxygen atoms in total. The zero-order chi connectivity index (χ0) is 18.7. The van der Waals surface area contributed by atoms with E-state index in [0.29, 0.717) is 6.04 Å². The van der Waals surface area contributed by atoms with Crippen molar-refractivity contribution in [3.05, 3.63) is 0 Å². The van der Waals surface area contributed by atoms with Gasteiger partial charge in [-0.15, -0.1) is 0 Å². The van der Waals surface area contributed by atoms with E-state index in [1.807, 2.05) is 0 Å². The van der Waals surface area contributed by atoms with Gasteiger partial charge in [0, 0.05) is 38.1 Å². The Morgan fingerprint density at radius 1 is 1.12 bits per heavy atom. The van der Waals surface area contributed by atoms with E-state index < -0.39 is 19.2 Å². The lowest BCUT2D eigenvalue weighted by Crippen LogP contribution is -2.49. The molecule has 3 aliphatic rings. The smallest absolute Gasteiger partial charge is 0.345 e. The van der Waals surface area contributed by atoms with E-state index >= 15 is 0 Å². The van der Waals surface area contributed by atoms with Crippen LogP contribution in [0.2, 0.25) is 0 Å². The molecule has 8 heteroatoms. The molecule has 0 aromatic carbocycles. The topological polar surface area (TPSA) is 68.3 Å². The Morgan fingerprint density at radius 2 is 1.77 bits per heavy atom. The molecule has 2 heterocycles. The lowest BCUT2D eigenvalue weighted by Gasteiger charge is -2.39. The average molecular weight is 388 g/mol. The molecule has 0 aromatic heterocycles. The minimum Gasteiger partial charge on any atom is -0.461 e. The molecule has 150 valence electrons. The van der Waals surface area contributed by atoms with Gasteiger partial charge >= 0.3 is 13.6 Å². The Kier molecular flexibility index (Phi) is 6.78. The van der Waals surface area contributed by atoms with E-state index in [1.54, 1.807) is 13.8 Å². The van der Waals surface area contributed by atoms with Crippen molar-refractivity contribution in [2.45, 2.75) is 57.3 Å². The van der Waals surface area contributed by atoms with Gasteiger partial charge in [0.1, 0.15) is 6.10 Å². The van der Waals surface area contributed by atoms with E-state index in [2.05, 4.69) is 16.8 Å². The molecule has 26 heavy (non-hydrogen) atoms. The molecule has 2 saturated heterocycles. The third-order valence-corrected chi connectivity index (χ3v) is 8.49. The van der Waals surface area contributed by atoms with Crippen molar-refractivity contribution in [2.24, 2.45) is 5.92 Å². The Bertz CT molecular complexity index is 528. The third kappa shape index (κ3) is 4.17. The van der Waals surface area contributed by atoms with Crippen molar-refractivity contribution in [3.63, 3.8) is 0 Å². The number of carbonyl (C=O) groups excluding carboxylic acids is 1. The van der Waals surface area contributed by atoms with Crippen LogP contribution in [0.3, 0.4) is 0 Å². The molecule has 0 bridgehead atoms. The summed E-state index contributed by atoms with van der Waals surface area (Å²) in [6.45, 7) is 8.33. The van der Waals surface area contributed by atoms with E-state index in [9.17, 15) is 9.36 Å². The van der Waals surface area contributed by atoms with Gasteiger partial charge in [0.15, 0.2) is 5.66 Å². The standard InChI is InChI=1S/C18H33N2O5P/c1-4-23-26(22,24-5-2)17-15-13-14(20-11-9-19(3)10-12-20)7-6-8-16(15)25-18(17)21/h14-17H,4-13H2,1-3H3. The van der Waals surface area contributed by atoms with Crippen LogP contribution in [0.1, 0.15) is 39.5 Å². The van der Waals surface area contributed by atoms with Gasteiger partial charge < -0.3 is 18.7 Å². The number of ether oxygens (including phenoxy) is 1. The summed E-state index contributed by atoms with van der Waals surface area (Å²) in [5, 5.41) is 0. The summed E-state index contributed by atoms with van der Waals surface area (Å²) in [5.41, 5.74) is -0.777. The molecule has 1 saturated carbocycles. The van der Waals surface area contributed by atoms with Crippen LogP contribution in [0.4, 0.5) is 0 Å². The lowest BCUT2D eigenvalue weighted by molar-refractivity contribution is -0.141. The zero-order valence-electron chi connectivity index (χ0n) is 16.3. The normalized spacial score (nSPS) is 34.3. The van der Waals surface area contributed by atoms with Crippen LogP contribution in [-0.4, -0.2) is 80.0 Å². The average Bonchev–Trinajstić information content (AvgIpc) is 2.78. The van der Waals surface area contributed by atoms with E-state index in [-0.39, 0.29) is 25.2 Å². The highest BCUT2D eigenvalue weighted by Gasteiger charge is 2.56. The van der Waals surface area contributed by atoms with Gasteiger partial charge in [0.05, 0.1) is 13.2 Å². The predicted octanol–water partition coefficient (Wildman–Crippen LogP) is 2.35. The summed E-state index contributed by atoms with van der Waals surface area (Å²) < 4.78 is 30.0. The summed E-state index contributed by atoms with van der Waals surface area (Å²) in [7, 11) is -1.36.